The summed E-state index contributed by atoms with van der Waals surface area (Å²) in [6, 6.07) is 0. The third kappa shape index (κ3) is 4.28. The standard InChI is InChI=1S/C6H14Cl2O6P2/c1-2-3-4-5-14-16(12,13)6(7,8)15(9,10)11/h2-5H2,1H3,(H,12,13)(H2,9,10,11). The summed E-state index contributed by atoms with van der Waals surface area (Å²) in [7, 11) is -9.94. The van der Waals surface area contributed by atoms with Crippen molar-refractivity contribution in [1.82, 2.24) is 0 Å². The Balaban J connectivity index is 4.55. The third-order valence-electron chi connectivity index (χ3n) is 1.70. The number of rotatable bonds is 7. The first-order valence-electron chi connectivity index (χ1n) is 4.47. The molecule has 0 fully saturated rings. The van der Waals surface area contributed by atoms with Crippen molar-refractivity contribution in [3.05, 3.63) is 0 Å². The van der Waals surface area contributed by atoms with E-state index in [1.807, 2.05) is 6.92 Å². The second-order valence-corrected chi connectivity index (χ2v) is 9.58. The van der Waals surface area contributed by atoms with Crippen molar-refractivity contribution >= 4 is 38.4 Å². The van der Waals surface area contributed by atoms with E-state index in [0.29, 0.717) is 6.42 Å². The topological polar surface area (TPSA) is 104 Å². The normalized spacial score (nSPS) is 17.1. The summed E-state index contributed by atoms with van der Waals surface area (Å²) < 4.78 is 23.6. The highest BCUT2D eigenvalue weighted by molar-refractivity contribution is 7.78. The molecule has 0 aromatic carbocycles. The molecule has 0 spiro atoms. The van der Waals surface area contributed by atoms with E-state index in [1.54, 1.807) is 0 Å². The van der Waals surface area contributed by atoms with Crippen molar-refractivity contribution in [2.45, 2.75) is 30.0 Å². The molecule has 16 heavy (non-hydrogen) atoms. The van der Waals surface area contributed by atoms with Gasteiger partial charge in [0.1, 0.15) is 0 Å². The molecule has 0 saturated carbocycles. The molecule has 1 atom stereocenters. The van der Waals surface area contributed by atoms with Crippen LogP contribution in [-0.4, -0.2) is 25.1 Å². The zero-order valence-corrected chi connectivity index (χ0v) is 11.8. The number of alkyl halides is 2. The minimum Gasteiger partial charge on any atom is -0.322 e. The van der Waals surface area contributed by atoms with Gasteiger partial charge in [0.2, 0.25) is 0 Å². The van der Waals surface area contributed by atoms with E-state index in [1.165, 1.54) is 0 Å². The summed E-state index contributed by atoms with van der Waals surface area (Å²) in [5.41, 5.74) is 0. The Morgan fingerprint density at radius 2 is 1.69 bits per heavy atom. The van der Waals surface area contributed by atoms with E-state index < -0.39 is 19.0 Å². The van der Waals surface area contributed by atoms with Gasteiger partial charge < -0.3 is 19.2 Å². The highest BCUT2D eigenvalue weighted by Crippen LogP contribution is 2.75. The molecule has 98 valence electrons. The molecule has 10 heteroatoms. The summed E-state index contributed by atoms with van der Waals surface area (Å²) in [5.74, 6) is 0. The quantitative estimate of drug-likeness (QED) is 0.379. The lowest BCUT2D eigenvalue weighted by molar-refractivity contribution is 0.249. The summed E-state index contributed by atoms with van der Waals surface area (Å²) in [6.07, 6.45) is 2.10. The smallest absolute Gasteiger partial charge is 0.322 e. The third-order valence-corrected chi connectivity index (χ3v) is 7.76. The monoisotopic (exact) mass is 314 g/mol. The van der Waals surface area contributed by atoms with Gasteiger partial charge in [-0.15, -0.1) is 0 Å². The van der Waals surface area contributed by atoms with Crippen LogP contribution in [0.3, 0.4) is 0 Å². The van der Waals surface area contributed by atoms with Crippen LogP contribution in [0.15, 0.2) is 0 Å². The van der Waals surface area contributed by atoms with Crippen LogP contribution < -0.4 is 0 Å². The van der Waals surface area contributed by atoms with Crippen LogP contribution in [0.1, 0.15) is 26.2 Å². The molecular weight excluding hydrogens is 301 g/mol. The van der Waals surface area contributed by atoms with E-state index in [4.69, 9.17) is 33.0 Å². The molecule has 0 aliphatic rings. The summed E-state index contributed by atoms with van der Waals surface area (Å²) in [5, 5.41) is 0. The minimum atomic E-state index is -5.15. The first-order valence-corrected chi connectivity index (χ1v) is 8.41. The Bertz CT molecular complexity index is 314. The van der Waals surface area contributed by atoms with Crippen LogP contribution in [0, 0.1) is 0 Å². The Morgan fingerprint density at radius 3 is 2.06 bits per heavy atom. The van der Waals surface area contributed by atoms with E-state index in [0.717, 1.165) is 12.8 Å². The van der Waals surface area contributed by atoms with Crippen molar-refractivity contribution in [3.63, 3.8) is 0 Å². The van der Waals surface area contributed by atoms with Crippen LogP contribution in [0.25, 0.3) is 0 Å². The molecule has 0 aliphatic heterocycles. The summed E-state index contributed by atoms with van der Waals surface area (Å²) in [4.78, 5) is 26.7. The van der Waals surface area contributed by atoms with Gasteiger partial charge in [-0.3, -0.25) is 9.13 Å². The van der Waals surface area contributed by atoms with Gasteiger partial charge in [0, 0.05) is 0 Å². The molecule has 0 aromatic heterocycles. The fourth-order valence-corrected chi connectivity index (χ4v) is 3.10. The van der Waals surface area contributed by atoms with E-state index >= 15 is 0 Å². The Labute approximate surface area is 104 Å². The molecule has 0 saturated heterocycles. The van der Waals surface area contributed by atoms with Gasteiger partial charge in [-0.2, -0.15) is 0 Å². The van der Waals surface area contributed by atoms with Gasteiger partial charge in [-0.05, 0) is 6.42 Å². The minimum absolute atomic E-state index is 0.136. The fourth-order valence-electron chi connectivity index (χ4n) is 0.783. The lowest BCUT2D eigenvalue weighted by atomic mass is 10.3. The van der Waals surface area contributed by atoms with Gasteiger partial charge in [0.05, 0.1) is 6.61 Å². The lowest BCUT2D eigenvalue weighted by Gasteiger charge is -2.25. The lowest BCUT2D eigenvalue weighted by Crippen LogP contribution is -2.16. The van der Waals surface area contributed by atoms with Crippen molar-refractivity contribution in [2.24, 2.45) is 0 Å². The molecule has 3 N–H and O–H groups in total. The Kier molecular flexibility index (Phi) is 6.50. The highest BCUT2D eigenvalue weighted by Gasteiger charge is 2.59. The maximum Gasteiger partial charge on any atom is 0.376 e. The van der Waals surface area contributed by atoms with Gasteiger partial charge in [-0.1, -0.05) is 43.0 Å². The summed E-state index contributed by atoms with van der Waals surface area (Å²) >= 11 is 10.4. The Hall–Kier alpha value is 0.880. The van der Waals surface area contributed by atoms with E-state index in [9.17, 15) is 14.0 Å². The number of hydrogen-bond acceptors (Lipinski definition) is 3. The van der Waals surface area contributed by atoms with Gasteiger partial charge in [0.15, 0.2) is 0 Å². The first-order chi connectivity index (χ1) is 7.06. The van der Waals surface area contributed by atoms with Crippen molar-refractivity contribution in [1.29, 1.82) is 0 Å². The SMILES string of the molecule is CCCCCOP(=O)(O)C(Cl)(Cl)P(=O)(O)O. The fraction of sp³-hybridized carbons (Fsp3) is 1.00. The second kappa shape index (κ2) is 6.17. The average Bonchev–Trinajstić information content (AvgIpc) is 2.10. The molecular formula is C6H14Cl2O6P2. The van der Waals surface area contributed by atoms with E-state index in [2.05, 4.69) is 4.52 Å². The molecule has 0 aliphatic carbocycles. The zero-order valence-electron chi connectivity index (χ0n) is 8.55. The van der Waals surface area contributed by atoms with Crippen LogP contribution in [0.2, 0.25) is 0 Å². The van der Waals surface area contributed by atoms with Crippen LogP contribution >= 0.6 is 38.4 Å². The molecule has 0 bridgehead atoms. The average molecular weight is 315 g/mol. The number of unbranched alkanes of at least 4 members (excludes halogenated alkanes) is 2. The summed E-state index contributed by atoms with van der Waals surface area (Å²) in [6.45, 7) is 1.78. The highest BCUT2D eigenvalue weighted by atomic mass is 35.5. The molecule has 0 rings (SSSR count). The molecule has 0 amide bonds. The molecule has 0 radical (unpaired) electrons. The van der Waals surface area contributed by atoms with Crippen LogP contribution in [-0.2, 0) is 13.7 Å². The Morgan fingerprint density at radius 1 is 1.19 bits per heavy atom. The largest absolute Gasteiger partial charge is 0.376 e. The second-order valence-electron chi connectivity index (χ2n) is 3.11. The number of hydrogen-bond donors (Lipinski definition) is 3. The van der Waals surface area contributed by atoms with Crippen molar-refractivity contribution < 1.29 is 28.3 Å². The zero-order chi connectivity index (χ0) is 13.0. The molecule has 6 nitrogen and oxygen atoms in total. The molecule has 1 unspecified atom stereocenters. The van der Waals surface area contributed by atoms with Gasteiger partial charge in [0.25, 0.3) is 0 Å². The predicted octanol–water partition coefficient (Wildman–Crippen LogP) is 2.65. The first kappa shape index (κ1) is 16.9. The maximum atomic E-state index is 11.4. The maximum absolute atomic E-state index is 11.4. The van der Waals surface area contributed by atoms with Crippen LogP contribution in [0.4, 0.5) is 0 Å². The number of halogens is 2. The van der Waals surface area contributed by atoms with Crippen molar-refractivity contribution in [2.75, 3.05) is 6.61 Å². The molecule has 0 aromatic rings. The van der Waals surface area contributed by atoms with Gasteiger partial charge in [-0.25, -0.2) is 0 Å². The van der Waals surface area contributed by atoms with Gasteiger partial charge >= 0.3 is 19.0 Å². The van der Waals surface area contributed by atoms with Crippen molar-refractivity contribution in [3.8, 4) is 0 Å². The van der Waals surface area contributed by atoms with E-state index in [-0.39, 0.29) is 6.61 Å². The molecule has 0 heterocycles. The van der Waals surface area contributed by atoms with Crippen LogP contribution in [0.5, 0.6) is 0 Å². The predicted molar refractivity (Wildman–Crippen MR) is 61.8 cm³/mol.